The third-order valence-electron chi connectivity index (χ3n) is 3.97. The van der Waals surface area contributed by atoms with Crippen LogP contribution in [0.3, 0.4) is 0 Å². The minimum Gasteiger partial charge on any atom is -0.314 e. The molecule has 19 heavy (non-hydrogen) atoms. The van der Waals surface area contributed by atoms with Crippen LogP contribution in [0.4, 0.5) is 0 Å². The van der Waals surface area contributed by atoms with Gasteiger partial charge in [-0.1, -0.05) is 52.5 Å². The molecule has 0 aromatic carbocycles. The first-order valence-electron chi connectivity index (χ1n) is 8.64. The van der Waals surface area contributed by atoms with Gasteiger partial charge in [-0.25, -0.2) is 0 Å². The monoisotopic (exact) mass is 267 g/mol. The minimum atomic E-state index is 0.753. The maximum atomic E-state index is 3.81. The second-order valence-electron chi connectivity index (χ2n) is 5.82. The molecule has 0 aromatic heterocycles. The van der Waals surface area contributed by atoms with Gasteiger partial charge in [-0.2, -0.15) is 0 Å². The Balaban J connectivity index is 4.11. The molecule has 0 fully saturated rings. The van der Waals surface area contributed by atoms with Gasteiger partial charge in [0.15, 0.2) is 0 Å². The van der Waals surface area contributed by atoms with Gasteiger partial charge in [0.2, 0.25) is 0 Å². The predicted molar refractivity (Wildman–Crippen MR) is 88.7 cm³/mol. The summed E-state index contributed by atoms with van der Waals surface area (Å²) in [5.74, 6) is 0.890. The smallest absolute Gasteiger partial charge is 0.00953 e. The number of rotatable bonds is 14. The van der Waals surface area contributed by atoms with E-state index in [2.05, 4.69) is 32.7 Å². The quantitative estimate of drug-likeness (QED) is 0.314. The van der Waals surface area contributed by atoms with Crippen molar-refractivity contribution < 1.29 is 0 Å². The Labute approximate surface area is 122 Å². The van der Waals surface area contributed by atoms with E-state index in [1.807, 2.05) is 6.08 Å². The predicted octanol–water partition coefficient (Wildman–Crippen LogP) is 5.71. The van der Waals surface area contributed by atoms with Crippen LogP contribution in [0, 0.1) is 5.92 Å². The fourth-order valence-corrected chi connectivity index (χ4v) is 2.95. The molecule has 0 amide bonds. The summed E-state index contributed by atoms with van der Waals surface area (Å²) in [6, 6.07) is 0.753. The molecule has 1 nitrogen and oxygen atoms in total. The van der Waals surface area contributed by atoms with Crippen LogP contribution in [0.5, 0.6) is 0 Å². The van der Waals surface area contributed by atoms with Crippen LogP contribution in [0.25, 0.3) is 0 Å². The summed E-state index contributed by atoms with van der Waals surface area (Å²) in [5, 5.41) is 3.81. The van der Waals surface area contributed by atoms with Crippen molar-refractivity contribution in [1.29, 1.82) is 0 Å². The molecule has 0 bridgehead atoms. The van der Waals surface area contributed by atoms with Gasteiger partial charge >= 0.3 is 0 Å². The Bertz CT molecular complexity index is 182. The molecule has 0 saturated heterocycles. The third kappa shape index (κ3) is 10.2. The second kappa shape index (κ2) is 14.1. The van der Waals surface area contributed by atoms with Crippen molar-refractivity contribution in [1.82, 2.24) is 5.32 Å². The largest absolute Gasteiger partial charge is 0.314 e. The molecule has 0 heterocycles. The molecular formula is C18H37N. The van der Waals surface area contributed by atoms with E-state index < -0.39 is 0 Å². The Morgan fingerprint density at radius 3 is 2.11 bits per heavy atom. The van der Waals surface area contributed by atoms with Crippen LogP contribution < -0.4 is 5.32 Å². The molecule has 0 aliphatic rings. The zero-order valence-corrected chi connectivity index (χ0v) is 13.7. The molecule has 1 N–H and O–H groups in total. The second-order valence-corrected chi connectivity index (χ2v) is 5.82. The van der Waals surface area contributed by atoms with E-state index in [9.17, 15) is 0 Å². The lowest BCUT2D eigenvalue weighted by Gasteiger charge is -2.28. The zero-order valence-electron chi connectivity index (χ0n) is 13.7. The first kappa shape index (κ1) is 18.7. The highest BCUT2D eigenvalue weighted by Crippen LogP contribution is 2.22. The molecular weight excluding hydrogens is 230 g/mol. The standard InChI is InChI=1S/C18H37N/c1-5-9-10-11-12-15-18(19-16-8-4)17(13-6-2)14-7-3/h5,17-19H,1,6-16H2,2-4H3. The lowest BCUT2D eigenvalue weighted by molar-refractivity contribution is 0.290. The van der Waals surface area contributed by atoms with Gasteiger partial charge in [0.1, 0.15) is 0 Å². The van der Waals surface area contributed by atoms with Crippen LogP contribution in [0.15, 0.2) is 12.7 Å². The van der Waals surface area contributed by atoms with Gasteiger partial charge in [0.05, 0.1) is 0 Å². The summed E-state index contributed by atoms with van der Waals surface area (Å²) < 4.78 is 0. The van der Waals surface area contributed by atoms with E-state index in [0.29, 0.717) is 0 Å². The molecule has 114 valence electrons. The first-order valence-corrected chi connectivity index (χ1v) is 8.64. The molecule has 1 atom stereocenters. The van der Waals surface area contributed by atoms with Gasteiger partial charge in [-0.15, -0.1) is 6.58 Å². The number of allylic oxidation sites excluding steroid dienone is 1. The molecule has 1 unspecified atom stereocenters. The normalized spacial score (nSPS) is 12.8. The van der Waals surface area contributed by atoms with Crippen LogP contribution in [-0.2, 0) is 0 Å². The van der Waals surface area contributed by atoms with Crippen LogP contribution in [0.1, 0.15) is 85.0 Å². The van der Waals surface area contributed by atoms with E-state index in [-0.39, 0.29) is 0 Å². The van der Waals surface area contributed by atoms with Gasteiger partial charge in [-0.05, 0) is 51.0 Å². The van der Waals surface area contributed by atoms with Crippen molar-refractivity contribution >= 4 is 0 Å². The summed E-state index contributed by atoms with van der Waals surface area (Å²) in [4.78, 5) is 0. The lowest BCUT2D eigenvalue weighted by atomic mass is 9.87. The molecule has 0 saturated carbocycles. The lowest BCUT2D eigenvalue weighted by Crippen LogP contribution is -2.36. The maximum absolute atomic E-state index is 3.81. The topological polar surface area (TPSA) is 12.0 Å². The highest BCUT2D eigenvalue weighted by Gasteiger charge is 2.18. The number of nitrogens with one attached hydrogen (secondary N) is 1. The number of unbranched alkanes of at least 4 members (excludes halogenated alkanes) is 3. The summed E-state index contributed by atoms with van der Waals surface area (Å²) >= 11 is 0. The summed E-state index contributed by atoms with van der Waals surface area (Å²) in [6.07, 6.45) is 15.3. The minimum absolute atomic E-state index is 0.753. The molecule has 0 aromatic rings. The van der Waals surface area contributed by atoms with Crippen molar-refractivity contribution in [2.45, 2.75) is 91.0 Å². The van der Waals surface area contributed by atoms with Gasteiger partial charge < -0.3 is 5.32 Å². The molecule has 0 spiro atoms. The summed E-state index contributed by atoms with van der Waals surface area (Å²) in [6.45, 7) is 11.9. The molecule has 0 aliphatic carbocycles. The van der Waals surface area contributed by atoms with Gasteiger partial charge in [0.25, 0.3) is 0 Å². The Kier molecular flexibility index (Phi) is 13.9. The average molecular weight is 268 g/mol. The molecule has 1 heteroatoms. The average Bonchev–Trinajstić information content (AvgIpc) is 2.42. The van der Waals surface area contributed by atoms with Gasteiger partial charge in [0, 0.05) is 6.04 Å². The van der Waals surface area contributed by atoms with E-state index in [1.165, 1.54) is 70.8 Å². The fraction of sp³-hybridized carbons (Fsp3) is 0.889. The number of hydrogen-bond acceptors (Lipinski definition) is 1. The summed E-state index contributed by atoms with van der Waals surface area (Å²) in [7, 11) is 0. The van der Waals surface area contributed by atoms with Crippen molar-refractivity contribution in [3.8, 4) is 0 Å². The molecule has 0 radical (unpaired) electrons. The number of hydrogen-bond donors (Lipinski definition) is 1. The summed E-state index contributed by atoms with van der Waals surface area (Å²) in [5.41, 5.74) is 0. The maximum Gasteiger partial charge on any atom is 0.00953 e. The van der Waals surface area contributed by atoms with Crippen LogP contribution in [0.2, 0.25) is 0 Å². The first-order chi connectivity index (χ1) is 9.29. The third-order valence-corrected chi connectivity index (χ3v) is 3.97. The highest BCUT2D eigenvalue weighted by atomic mass is 14.9. The van der Waals surface area contributed by atoms with Crippen molar-refractivity contribution in [2.75, 3.05) is 6.54 Å². The molecule has 0 aliphatic heterocycles. The van der Waals surface area contributed by atoms with Gasteiger partial charge in [-0.3, -0.25) is 0 Å². The Morgan fingerprint density at radius 2 is 1.58 bits per heavy atom. The van der Waals surface area contributed by atoms with E-state index >= 15 is 0 Å². The zero-order chi connectivity index (χ0) is 14.3. The van der Waals surface area contributed by atoms with E-state index in [0.717, 1.165) is 12.0 Å². The van der Waals surface area contributed by atoms with Crippen molar-refractivity contribution in [3.63, 3.8) is 0 Å². The molecule has 0 rings (SSSR count). The Hall–Kier alpha value is -0.300. The van der Waals surface area contributed by atoms with Crippen LogP contribution >= 0.6 is 0 Å². The highest BCUT2D eigenvalue weighted by molar-refractivity contribution is 4.76. The van der Waals surface area contributed by atoms with Crippen molar-refractivity contribution in [3.05, 3.63) is 12.7 Å². The van der Waals surface area contributed by atoms with Crippen molar-refractivity contribution in [2.24, 2.45) is 5.92 Å². The SMILES string of the molecule is C=CCCCCCC(NCCC)C(CCC)CCC. The van der Waals surface area contributed by atoms with E-state index in [4.69, 9.17) is 0 Å². The fourth-order valence-electron chi connectivity index (χ4n) is 2.95. The van der Waals surface area contributed by atoms with Crippen LogP contribution in [-0.4, -0.2) is 12.6 Å². The van der Waals surface area contributed by atoms with E-state index in [1.54, 1.807) is 0 Å². The Morgan fingerprint density at radius 1 is 0.895 bits per heavy atom.